The summed E-state index contributed by atoms with van der Waals surface area (Å²) < 4.78 is 4.81. The minimum absolute atomic E-state index is 0.0789. The molecule has 0 radical (unpaired) electrons. The van der Waals surface area contributed by atoms with Crippen LogP contribution in [0.3, 0.4) is 0 Å². The van der Waals surface area contributed by atoms with E-state index in [1.165, 1.54) is 12.0 Å². The average Bonchev–Trinajstić information content (AvgIpc) is 2.77. The average molecular weight is 540 g/mol. The maximum Gasteiger partial charge on any atom is 0.310 e. The van der Waals surface area contributed by atoms with E-state index in [9.17, 15) is 14.4 Å². The number of ketones is 1. The summed E-state index contributed by atoms with van der Waals surface area (Å²) in [5.41, 5.74) is 1.93. The van der Waals surface area contributed by atoms with Crippen molar-refractivity contribution in [3.05, 3.63) is 59.7 Å². The molecule has 32 heavy (non-hydrogen) atoms. The van der Waals surface area contributed by atoms with Crippen LogP contribution in [0.1, 0.15) is 42.1 Å². The van der Waals surface area contributed by atoms with Crippen molar-refractivity contribution in [1.82, 2.24) is 0 Å². The van der Waals surface area contributed by atoms with Crippen LogP contribution in [0.4, 0.5) is 0 Å². The molecule has 0 amide bonds. The summed E-state index contributed by atoms with van der Waals surface area (Å²) in [5, 5.41) is 9.81. The topological polar surface area (TPSA) is 80.7 Å². The molecule has 0 aliphatic rings. The normalized spacial score (nSPS) is 11.7. The number of ether oxygens (including phenoxy) is 1. The lowest BCUT2D eigenvalue weighted by Crippen LogP contribution is -2.09. The molecule has 0 fully saturated rings. The zero-order valence-electron chi connectivity index (χ0n) is 17.9. The van der Waals surface area contributed by atoms with Crippen molar-refractivity contribution in [3.8, 4) is 0 Å². The maximum atomic E-state index is 11.7. The third-order valence-electron chi connectivity index (χ3n) is 4.59. The number of Topliss-reactive ketones (excluding diaryl/α,β-unsaturated/α-hetero) is 1. The van der Waals surface area contributed by atoms with E-state index in [4.69, 9.17) is 9.84 Å². The second kappa shape index (κ2) is 14.4. The van der Waals surface area contributed by atoms with E-state index in [1.54, 1.807) is 11.8 Å². The predicted molar refractivity (Wildman–Crippen MR) is 133 cm³/mol. The summed E-state index contributed by atoms with van der Waals surface area (Å²) in [6.07, 6.45) is 1.74. The number of alkyl halides is 1. The summed E-state index contributed by atoms with van der Waals surface area (Å²) in [4.78, 5) is 36.3. The molecule has 172 valence electrons. The van der Waals surface area contributed by atoms with E-state index in [0.717, 1.165) is 33.5 Å². The van der Waals surface area contributed by atoms with Crippen molar-refractivity contribution in [3.63, 3.8) is 0 Å². The Bertz CT molecular complexity index is 884. The van der Waals surface area contributed by atoms with Crippen LogP contribution in [-0.4, -0.2) is 41.0 Å². The number of esters is 1. The predicted octanol–water partition coefficient (Wildman–Crippen LogP) is 5.94. The zero-order valence-corrected chi connectivity index (χ0v) is 21.1. The first kappa shape index (κ1) is 26.5. The third kappa shape index (κ3) is 9.79. The van der Waals surface area contributed by atoms with E-state index in [-0.39, 0.29) is 23.4 Å². The van der Waals surface area contributed by atoms with Crippen LogP contribution in [0.15, 0.2) is 58.3 Å². The summed E-state index contributed by atoms with van der Waals surface area (Å²) in [6, 6.07) is 16.0. The van der Waals surface area contributed by atoms with Crippen LogP contribution >= 0.6 is 39.5 Å². The van der Waals surface area contributed by atoms with Gasteiger partial charge in [-0.3, -0.25) is 14.4 Å². The largest absolute Gasteiger partial charge is 0.481 e. The molecule has 0 spiro atoms. The molecule has 0 heterocycles. The highest BCUT2D eigenvalue weighted by Gasteiger charge is 2.16. The van der Waals surface area contributed by atoms with Gasteiger partial charge in [0.05, 0.1) is 7.11 Å². The van der Waals surface area contributed by atoms with Gasteiger partial charge in [0, 0.05) is 33.2 Å². The van der Waals surface area contributed by atoms with Crippen LogP contribution < -0.4 is 0 Å². The Morgan fingerprint density at radius 3 is 2.28 bits per heavy atom. The van der Waals surface area contributed by atoms with E-state index in [1.807, 2.05) is 36.0 Å². The Hall–Kier alpha value is -1.77. The molecule has 0 saturated heterocycles. The lowest BCUT2D eigenvalue weighted by molar-refractivity contribution is -0.141. The van der Waals surface area contributed by atoms with E-state index < -0.39 is 12.4 Å². The zero-order chi connectivity index (χ0) is 23.3. The molecule has 0 saturated carbocycles. The molecule has 1 unspecified atom stereocenters. The SMILES string of the molecule is COC(=O)CCC(Sc1ccc(CC(=O)CC(=O)O)cc1)c1ccc(SCCCBr)cc1. The van der Waals surface area contributed by atoms with Crippen molar-refractivity contribution >= 4 is 57.2 Å². The molecule has 2 aromatic carbocycles. The van der Waals surface area contributed by atoms with Crippen LogP contribution in [-0.2, 0) is 25.5 Å². The number of carboxylic acids is 1. The molecule has 5 nitrogen and oxygen atoms in total. The molecule has 0 bridgehead atoms. The lowest BCUT2D eigenvalue weighted by atomic mass is 10.1. The smallest absolute Gasteiger partial charge is 0.310 e. The number of carboxylic acid groups (broad SMARTS) is 1. The summed E-state index contributed by atoms with van der Waals surface area (Å²) in [7, 11) is 1.40. The highest BCUT2D eigenvalue weighted by molar-refractivity contribution is 9.09. The fourth-order valence-corrected chi connectivity index (χ4v) is 5.63. The quantitative estimate of drug-likeness (QED) is 0.105. The molecule has 0 aliphatic carbocycles. The second-order valence-electron chi connectivity index (χ2n) is 7.11. The van der Waals surface area contributed by atoms with Crippen molar-refractivity contribution in [2.75, 3.05) is 18.2 Å². The van der Waals surface area contributed by atoms with Gasteiger partial charge in [-0.1, -0.05) is 40.2 Å². The first-order chi connectivity index (χ1) is 15.4. The highest BCUT2D eigenvalue weighted by atomic mass is 79.9. The molecular formula is C24H27BrO5S2. The minimum atomic E-state index is -1.11. The summed E-state index contributed by atoms with van der Waals surface area (Å²) in [6.45, 7) is 0. The number of carbonyl (C=O) groups is 3. The number of thioether (sulfide) groups is 2. The fraction of sp³-hybridized carbons (Fsp3) is 0.375. The maximum absolute atomic E-state index is 11.7. The van der Waals surface area contributed by atoms with Gasteiger partial charge in [0.25, 0.3) is 0 Å². The highest BCUT2D eigenvalue weighted by Crippen LogP contribution is 2.39. The second-order valence-corrected chi connectivity index (χ2v) is 10.3. The van der Waals surface area contributed by atoms with E-state index >= 15 is 0 Å². The van der Waals surface area contributed by atoms with Crippen LogP contribution in [0.5, 0.6) is 0 Å². The molecule has 2 aromatic rings. The standard InChI is InChI=1S/C24H27BrO5S2/c1-30-24(29)12-11-22(18-5-9-20(10-6-18)31-14-2-13-25)32-21-7-3-17(4-8-21)15-19(26)16-23(27)28/h3-10,22H,2,11-16H2,1H3,(H,27,28). The first-order valence-corrected chi connectivity index (χ1v) is 13.2. The third-order valence-corrected chi connectivity index (χ3v) is 7.58. The van der Waals surface area contributed by atoms with Gasteiger partial charge in [0.1, 0.15) is 12.2 Å². The van der Waals surface area contributed by atoms with E-state index in [0.29, 0.717) is 12.8 Å². The summed E-state index contributed by atoms with van der Waals surface area (Å²) >= 11 is 6.94. The Morgan fingerprint density at radius 1 is 1.03 bits per heavy atom. The Kier molecular flexibility index (Phi) is 11.9. The number of benzene rings is 2. The van der Waals surface area contributed by atoms with Gasteiger partial charge in [-0.25, -0.2) is 0 Å². The van der Waals surface area contributed by atoms with Crippen molar-refractivity contribution in [1.29, 1.82) is 0 Å². The number of methoxy groups -OCH3 is 1. The number of hydrogen-bond acceptors (Lipinski definition) is 6. The molecule has 0 aromatic heterocycles. The number of hydrogen-bond donors (Lipinski definition) is 1. The summed E-state index contributed by atoms with van der Waals surface area (Å²) in [5.74, 6) is -0.595. The van der Waals surface area contributed by atoms with Crippen LogP contribution in [0.25, 0.3) is 0 Å². The molecular weight excluding hydrogens is 512 g/mol. The Balaban J connectivity index is 2.07. The lowest BCUT2D eigenvalue weighted by Gasteiger charge is -2.17. The molecule has 8 heteroatoms. The molecule has 0 aliphatic heterocycles. The fourth-order valence-electron chi connectivity index (χ4n) is 2.98. The number of halogens is 1. The molecule has 1 atom stereocenters. The number of carbonyl (C=O) groups excluding carboxylic acids is 2. The van der Waals surface area contributed by atoms with Crippen LogP contribution in [0.2, 0.25) is 0 Å². The van der Waals surface area contributed by atoms with Gasteiger partial charge in [0.15, 0.2) is 0 Å². The van der Waals surface area contributed by atoms with Gasteiger partial charge in [-0.05, 0) is 54.0 Å². The van der Waals surface area contributed by atoms with Gasteiger partial charge in [-0.15, -0.1) is 23.5 Å². The van der Waals surface area contributed by atoms with Crippen molar-refractivity contribution in [2.45, 2.75) is 47.1 Å². The van der Waals surface area contributed by atoms with Gasteiger partial charge < -0.3 is 9.84 Å². The first-order valence-electron chi connectivity index (χ1n) is 10.3. The number of rotatable bonds is 14. The van der Waals surface area contributed by atoms with Crippen LogP contribution in [0, 0.1) is 0 Å². The Labute approximate surface area is 205 Å². The van der Waals surface area contributed by atoms with Gasteiger partial charge >= 0.3 is 11.9 Å². The minimum Gasteiger partial charge on any atom is -0.481 e. The van der Waals surface area contributed by atoms with Crippen molar-refractivity contribution < 1.29 is 24.2 Å². The van der Waals surface area contributed by atoms with Crippen molar-refractivity contribution in [2.24, 2.45) is 0 Å². The van der Waals surface area contributed by atoms with Gasteiger partial charge in [-0.2, -0.15) is 0 Å². The molecule has 1 N–H and O–H groups in total. The van der Waals surface area contributed by atoms with E-state index in [2.05, 4.69) is 40.2 Å². The molecule has 2 rings (SSSR count). The van der Waals surface area contributed by atoms with Gasteiger partial charge in [0.2, 0.25) is 0 Å². The Morgan fingerprint density at radius 2 is 1.69 bits per heavy atom. The number of aliphatic carboxylic acids is 1. The monoisotopic (exact) mass is 538 g/mol.